The van der Waals surface area contributed by atoms with Crippen LogP contribution in [0, 0.1) is 0 Å². The molecule has 32 heavy (non-hydrogen) atoms. The Hall–Kier alpha value is -2.61. The predicted octanol–water partition coefficient (Wildman–Crippen LogP) is 2.49. The molecule has 0 aromatic heterocycles. The zero-order chi connectivity index (χ0) is 24.1. The Morgan fingerprint density at radius 2 is 1.56 bits per heavy atom. The van der Waals surface area contributed by atoms with Gasteiger partial charge in [-0.2, -0.15) is 17.6 Å². The minimum atomic E-state index is -4.66. The van der Waals surface area contributed by atoms with Gasteiger partial charge >= 0.3 is 6.18 Å². The number of nitrogens with zero attached hydrogens (tertiary/aromatic N) is 2. The highest BCUT2D eigenvalue weighted by molar-refractivity contribution is 7.92. The van der Waals surface area contributed by atoms with Gasteiger partial charge in [-0.25, -0.2) is 13.8 Å². The molecule has 7 nitrogen and oxygen atoms in total. The van der Waals surface area contributed by atoms with Crippen molar-refractivity contribution in [3.63, 3.8) is 0 Å². The molecule has 0 saturated heterocycles. The Kier molecular flexibility index (Phi) is 8.29. The van der Waals surface area contributed by atoms with Gasteiger partial charge in [0.05, 0.1) is 5.56 Å². The van der Waals surface area contributed by atoms with Crippen molar-refractivity contribution in [1.82, 2.24) is 20.3 Å². The van der Waals surface area contributed by atoms with Gasteiger partial charge in [-0.1, -0.05) is 73.0 Å². The summed E-state index contributed by atoms with van der Waals surface area (Å²) in [4.78, 5) is 11.9. The van der Waals surface area contributed by atoms with E-state index in [9.17, 15) is 26.4 Å². The van der Waals surface area contributed by atoms with Gasteiger partial charge in [0.1, 0.15) is 9.98 Å². The molecule has 2 N–H and O–H groups in total. The standard InChI is InChI=1S/C19H19F3N4O3S3/c1-23-26(17(30)13-8-4-3-5-9-13)32(28,29)12-16(27)24-25(2)18(31)14-10-6-7-11-15(14)19(20,21)22/h3-11,23H,12H2,1-2H3,(H,24,27). The van der Waals surface area contributed by atoms with Crippen LogP contribution in [0.2, 0.25) is 0 Å². The lowest BCUT2D eigenvalue weighted by Crippen LogP contribution is -2.51. The van der Waals surface area contributed by atoms with E-state index in [0.29, 0.717) is 9.98 Å². The van der Waals surface area contributed by atoms with Crippen LogP contribution in [-0.2, 0) is 21.0 Å². The molecule has 0 spiro atoms. The molecule has 0 aliphatic rings. The number of sulfonamides is 1. The molecule has 2 aromatic carbocycles. The van der Waals surface area contributed by atoms with Crippen molar-refractivity contribution in [3.05, 3.63) is 71.3 Å². The topological polar surface area (TPSA) is 81.8 Å². The lowest BCUT2D eigenvalue weighted by Gasteiger charge is -2.25. The summed E-state index contributed by atoms with van der Waals surface area (Å²) in [7, 11) is -1.74. The van der Waals surface area contributed by atoms with Gasteiger partial charge < -0.3 is 0 Å². The molecule has 13 heteroatoms. The summed E-state index contributed by atoms with van der Waals surface area (Å²) in [5.74, 6) is -2.05. The molecule has 0 aliphatic carbocycles. The molecule has 0 fully saturated rings. The molecule has 1 amide bonds. The first-order valence-corrected chi connectivity index (χ1v) is 11.3. The van der Waals surface area contributed by atoms with Gasteiger partial charge in [0, 0.05) is 25.2 Å². The number of hydrogen-bond acceptors (Lipinski definition) is 6. The van der Waals surface area contributed by atoms with Crippen molar-refractivity contribution in [1.29, 1.82) is 0 Å². The second-order valence-electron chi connectivity index (χ2n) is 6.36. The van der Waals surface area contributed by atoms with E-state index in [-0.39, 0.29) is 15.5 Å². The maximum absolute atomic E-state index is 13.2. The minimum Gasteiger partial charge on any atom is -0.277 e. The Morgan fingerprint density at radius 3 is 2.12 bits per heavy atom. The molecule has 0 aliphatic heterocycles. The van der Waals surface area contributed by atoms with Gasteiger partial charge in [-0.3, -0.25) is 15.2 Å². The summed E-state index contributed by atoms with van der Waals surface area (Å²) in [5.41, 5.74) is 3.74. The number of amides is 1. The van der Waals surface area contributed by atoms with Crippen LogP contribution in [-0.4, -0.2) is 53.6 Å². The largest absolute Gasteiger partial charge is 0.417 e. The van der Waals surface area contributed by atoms with E-state index in [1.165, 1.54) is 26.2 Å². The van der Waals surface area contributed by atoms with Crippen LogP contribution in [0.4, 0.5) is 13.2 Å². The third kappa shape index (κ3) is 6.22. The second-order valence-corrected chi connectivity index (χ2v) is 8.95. The van der Waals surface area contributed by atoms with Gasteiger partial charge in [0.15, 0.2) is 5.75 Å². The van der Waals surface area contributed by atoms with E-state index in [2.05, 4.69) is 10.9 Å². The average Bonchev–Trinajstić information content (AvgIpc) is 2.72. The lowest BCUT2D eigenvalue weighted by molar-refractivity contribution is -0.137. The smallest absolute Gasteiger partial charge is 0.277 e. The number of thiocarbonyl (C=S) groups is 2. The van der Waals surface area contributed by atoms with Crippen molar-refractivity contribution in [3.8, 4) is 0 Å². The predicted molar refractivity (Wildman–Crippen MR) is 122 cm³/mol. The number of rotatable bonds is 6. The quantitative estimate of drug-likeness (QED) is 0.462. The lowest BCUT2D eigenvalue weighted by atomic mass is 10.1. The van der Waals surface area contributed by atoms with Gasteiger partial charge in [0.25, 0.3) is 15.9 Å². The average molecular weight is 505 g/mol. The highest BCUT2D eigenvalue weighted by atomic mass is 32.2. The van der Waals surface area contributed by atoms with E-state index >= 15 is 0 Å². The Labute approximate surface area is 194 Å². The van der Waals surface area contributed by atoms with Gasteiger partial charge in [0.2, 0.25) is 0 Å². The third-order valence-corrected chi connectivity index (χ3v) is 6.64. The number of halogens is 3. The van der Waals surface area contributed by atoms with Crippen molar-refractivity contribution in [2.75, 3.05) is 19.8 Å². The summed E-state index contributed by atoms with van der Waals surface area (Å²) < 4.78 is 65.8. The van der Waals surface area contributed by atoms with E-state index in [1.54, 1.807) is 30.3 Å². The van der Waals surface area contributed by atoms with Crippen LogP contribution < -0.4 is 10.9 Å². The Morgan fingerprint density at radius 1 is 1.00 bits per heavy atom. The molecule has 0 heterocycles. The first kappa shape index (κ1) is 25.6. The molecule has 0 bridgehead atoms. The highest BCUT2D eigenvalue weighted by Gasteiger charge is 2.35. The molecule has 172 valence electrons. The van der Waals surface area contributed by atoms with Crippen LogP contribution in [0.1, 0.15) is 16.7 Å². The zero-order valence-corrected chi connectivity index (χ0v) is 19.3. The SMILES string of the molecule is CNN(C(=S)c1ccccc1)S(=O)(=O)CC(=O)NN(C)C(=S)c1ccccc1C(F)(F)F. The molecular formula is C19H19F3N4O3S3. The molecular weight excluding hydrogens is 485 g/mol. The maximum atomic E-state index is 13.2. The number of hydrazine groups is 2. The number of nitrogens with one attached hydrogen (secondary N) is 2. The summed E-state index contributed by atoms with van der Waals surface area (Å²) in [5, 5.41) is 0.858. The fourth-order valence-corrected chi connectivity index (χ4v) is 4.62. The van der Waals surface area contributed by atoms with E-state index in [4.69, 9.17) is 24.4 Å². The zero-order valence-electron chi connectivity index (χ0n) is 16.9. The summed E-state index contributed by atoms with van der Waals surface area (Å²) in [6.07, 6.45) is -4.66. The first-order valence-electron chi connectivity index (χ1n) is 8.92. The molecule has 0 atom stereocenters. The fourth-order valence-electron chi connectivity index (χ4n) is 2.66. The Bertz CT molecular complexity index is 1110. The second kappa shape index (κ2) is 10.3. The number of hydrogen-bond donors (Lipinski definition) is 2. The third-order valence-electron chi connectivity index (χ3n) is 4.06. The highest BCUT2D eigenvalue weighted by Crippen LogP contribution is 2.32. The Balaban J connectivity index is 2.14. The van der Waals surface area contributed by atoms with Gasteiger partial charge in [-0.15, -0.1) is 0 Å². The fraction of sp³-hybridized carbons (Fsp3) is 0.211. The molecule has 0 saturated carbocycles. The molecule has 2 aromatic rings. The molecule has 0 unspecified atom stereocenters. The summed E-state index contributed by atoms with van der Waals surface area (Å²) >= 11 is 10.3. The molecule has 2 rings (SSSR count). The van der Waals surface area contributed by atoms with Crippen LogP contribution in [0.5, 0.6) is 0 Å². The van der Waals surface area contributed by atoms with Crippen molar-refractivity contribution in [2.24, 2.45) is 0 Å². The van der Waals surface area contributed by atoms with E-state index in [1.807, 2.05) is 0 Å². The van der Waals surface area contributed by atoms with Crippen molar-refractivity contribution >= 4 is 50.3 Å². The minimum absolute atomic E-state index is 0.0797. The monoisotopic (exact) mass is 504 g/mol. The van der Waals surface area contributed by atoms with Crippen molar-refractivity contribution < 1.29 is 26.4 Å². The normalized spacial score (nSPS) is 11.5. The van der Waals surface area contributed by atoms with Crippen LogP contribution >= 0.6 is 24.4 Å². The number of benzene rings is 2. The number of carbonyl (C=O) groups is 1. The van der Waals surface area contributed by atoms with E-state index in [0.717, 1.165) is 17.1 Å². The number of carbonyl (C=O) groups excluding carboxylic acids is 1. The van der Waals surface area contributed by atoms with Gasteiger partial charge in [-0.05, 0) is 6.07 Å². The maximum Gasteiger partial charge on any atom is 0.417 e. The van der Waals surface area contributed by atoms with E-state index < -0.39 is 33.4 Å². The summed E-state index contributed by atoms with van der Waals surface area (Å²) in [6.45, 7) is 0. The summed E-state index contributed by atoms with van der Waals surface area (Å²) in [6, 6.07) is 12.9. The molecule has 0 radical (unpaired) electrons. The number of alkyl halides is 3. The first-order chi connectivity index (χ1) is 14.9. The van der Waals surface area contributed by atoms with Crippen LogP contribution in [0.25, 0.3) is 0 Å². The van der Waals surface area contributed by atoms with Crippen LogP contribution in [0.3, 0.4) is 0 Å². The van der Waals surface area contributed by atoms with Crippen LogP contribution in [0.15, 0.2) is 54.6 Å². The van der Waals surface area contributed by atoms with Crippen molar-refractivity contribution in [2.45, 2.75) is 6.18 Å².